The molecule has 0 aromatic carbocycles. The van der Waals surface area contributed by atoms with Gasteiger partial charge in [-0.3, -0.25) is 0 Å². The van der Waals surface area contributed by atoms with Crippen LogP contribution >= 0.6 is 0 Å². The summed E-state index contributed by atoms with van der Waals surface area (Å²) in [5, 5.41) is 0. The lowest BCUT2D eigenvalue weighted by atomic mass is 9.34. The molecule has 0 aromatic rings. The minimum absolute atomic E-state index is 0.378. The van der Waals surface area contributed by atoms with Gasteiger partial charge in [0.25, 0.3) is 0 Å². The predicted octanol–water partition coefficient (Wildman–Crippen LogP) is 8.56. The molecule has 4 saturated carbocycles. The highest BCUT2D eigenvalue weighted by atomic mass is 16.1. The smallest absolute Gasteiger partial charge is 0.120 e. The average Bonchev–Trinajstić information content (AvgIpc) is 3.00. The van der Waals surface area contributed by atoms with Crippen molar-refractivity contribution in [3.05, 3.63) is 0 Å². The van der Waals surface area contributed by atoms with Crippen molar-refractivity contribution >= 4 is 6.29 Å². The normalized spacial score (nSPS) is 48.2. The summed E-state index contributed by atoms with van der Waals surface area (Å²) in [6.45, 7) is 23.5. The van der Waals surface area contributed by atoms with Crippen molar-refractivity contribution in [2.45, 2.75) is 120 Å². The summed E-state index contributed by atoms with van der Waals surface area (Å²) in [5.74, 6) is 4.95. The van der Waals surface area contributed by atoms with Crippen molar-refractivity contribution in [2.75, 3.05) is 0 Å². The van der Waals surface area contributed by atoms with Crippen molar-refractivity contribution in [1.82, 2.24) is 0 Å². The molecule has 178 valence electrons. The van der Waals surface area contributed by atoms with Gasteiger partial charge in [-0.15, -0.1) is 0 Å². The molecule has 4 fully saturated rings. The van der Waals surface area contributed by atoms with E-state index in [2.05, 4.69) is 62.3 Å². The highest BCUT2D eigenvalue weighted by molar-refractivity contribution is 5.49. The molecule has 1 heteroatoms. The van der Waals surface area contributed by atoms with E-state index in [0.29, 0.717) is 33.0 Å². The monoisotopic (exact) mass is 428 g/mol. The van der Waals surface area contributed by atoms with Crippen molar-refractivity contribution in [3.8, 4) is 0 Å². The van der Waals surface area contributed by atoms with Gasteiger partial charge in [0.05, 0.1) is 0 Å². The average molecular weight is 429 g/mol. The zero-order valence-electron chi connectivity index (χ0n) is 22.3. The topological polar surface area (TPSA) is 17.1 Å². The molecule has 8 unspecified atom stereocenters. The Morgan fingerprint density at radius 1 is 0.871 bits per heavy atom. The van der Waals surface area contributed by atoms with Gasteiger partial charge >= 0.3 is 0 Å². The fourth-order valence-corrected chi connectivity index (χ4v) is 10.5. The summed E-state index contributed by atoms with van der Waals surface area (Å²) in [5.41, 5.74) is 2.30. The predicted molar refractivity (Wildman–Crippen MR) is 132 cm³/mol. The van der Waals surface area contributed by atoms with Gasteiger partial charge in [0.1, 0.15) is 6.29 Å². The highest BCUT2D eigenvalue weighted by Crippen LogP contribution is 2.76. The first-order chi connectivity index (χ1) is 14.2. The Hall–Kier alpha value is -0.330. The summed E-state index contributed by atoms with van der Waals surface area (Å²) in [6, 6.07) is 0. The first-order valence-corrected chi connectivity index (χ1v) is 13.6. The van der Waals surface area contributed by atoms with Gasteiger partial charge in [-0.25, -0.2) is 0 Å². The second-order valence-electron chi connectivity index (χ2n) is 15.3. The lowest BCUT2D eigenvalue weighted by Gasteiger charge is -2.70. The van der Waals surface area contributed by atoms with Crippen molar-refractivity contribution in [2.24, 2.45) is 62.6 Å². The van der Waals surface area contributed by atoms with Crippen LogP contribution in [0.2, 0.25) is 0 Å². The van der Waals surface area contributed by atoms with Crippen LogP contribution in [0.5, 0.6) is 0 Å². The van der Waals surface area contributed by atoms with Gasteiger partial charge in [0, 0.05) is 6.42 Å². The summed E-state index contributed by atoms with van der Waals surface area (Å²) in [7, 11) is 0. The Balaban J connectivity index is 1.73. The van der Waals surface area contributed by atoms with Gasteiger partial charge in [-0.1, -0.05) is 62.3 Å². The van der Waals surface area contributed by atoms with Crippen molar-refractivity contribution in [3.63, 3.8) is 0 Å². The van der Waals surface area contributed by atoms with E-state index in [-0.39, 0.29) is 0 Å². The Morgan fingerprint density at radius 2 is 1.55 bits per heavy atom. The van der Waals surface area contributed by atoms with E-state index >= 15 is 0 Å². The van der Waals surface area contributed by atoms with Crippen LogP contribution in [-0.4, -0.2) is 6.29 Å². The molecule has 0 N–H and O–H groups in total. The van der Waals surface area contributed by atoms with Crippen LogP contribution < -0.4 is 0 Å². The number of hydrogen-bond donors (Lipinski definition) is 0. The largest absolute Gasteiger partial charge is 0.303 e. The van der Waals surface area contributed by atoms with Crippen LogP contribution in [0.3, 0.4) is 0 Å². The second-order valence-corrected chi connectivity index (χ2v) is 15.3. The van der Waals surface area contributed by atoms with Gasteiger partial charge in [-0.05, 0) is 114 Å². The molecule has 8 atom stereocenters. The summed E-state index contributed by atoms with van der Waals surface area (Å²) in [4.78, 5) is 11.1. The lowest BCUT2D eigenvalue weighted by molar-refractivity contribution is -0.218. The summed E-state index contributed by atoms with van der Waals surface area (Å²) < 4.78 is 0. The standard InChI is InChI=1S/C30H52O/c1-20(11-10-16-31)22-12-13-23-25-24(19-28(6,7)30(22,23)9)29(8)15-14-26(2,3)17-21(29)18-27(25,4)5/h16,20-25H,10-15,17-19H2,1-9H3. The summed E-state index contributed by atoms with van der Waals surface area (Å²) >= 11 is 0. The van der Waals surface area contributed by atoms with Gasteiger partial charge < -0.3 is 4.79 Å². The highest BCUT2D eigenvalue weighted by Gasteiger charge is 2.69. The van der Waals surface area contributed by atoms with Crippen LogP contribution in [0.4, 0.5) is 0 Å². The van der Waals surface area contributed by atoms with E-state index in [4.69, 9.17) is 0 Å². The van der Waals surface area contributed by atoms with Crippen LogP contribution in [0.25, 0.3) is 0 Å². The Morgan fingerprint density at radius 3 is 2.19 bits per heavy atom. The molecule has 4 rings (SSSR count). The van der Waals surface area contributed by atoms with Gasteiger partial charge in [-0.2, -0.15) is 0 Å². The molecule has 4 aliphatic carbocycles. The molecule has 0 radical (unpaired) electrons. The Kier molecular flexibility index (Phi) is 5.63. The van der Waals surface area contributed by atoms with E-state index in [1.807, 2.05) is 0 Å². The molecular formula is C30H52O. The van der Waals surface area contributed by atoms with Gasteiger partial charge in [0.15, 0.2) is 0 Å². The molecule has 1 nitrogen and oxygen atoms in total. The molecule has 0 saturated heterocycles. The van der Waals surface area contributed by atoms with Crippen LogP contribution in [0, 0.1) is 62.6 Å². The number of fused-ring (bicyclic) bond motifs is 5. The first-order valence-electron chi connectivity index (χ1n) is 13.6. The maximum Gasteiger partial charge on any atom is 0.120 e. The van der Waals surface area contributed by atoms with E-state index < -0.39 is 0 Å². The third kappa shape index (κ3) is 3.41. The summed E-state index contributed by atoms with van der Waals surface area (Å²) in [6.07, 6.45) is 12.9. The lowest BCUT2D eigenvalue weighted by Crippen LogP contribution is -2.63. The number of rotatable bonds is 4. The van der Waals surface area contributed by atoms with E-state index in [0.717, 1.165) is 48.7 Å². The zero-order valence-corrected chi connectivity index (χ0v) is 22.3. The quantitative estimate of drug-likeness (QED) is 0.410. The molecule has 0 bridgehead atoms. The number of aldehydes is 1. The minimum atomic E-state index is 0.378. The number of hydrogen-bond acceptors (Lipinski definition) is 1. The maximum atomic E-state index is 11.1. The molecule has 31 heavy (non-hydrogen) atoms. The molecule has 0 heterocycles. The fourth-order valence-electron chi connectivity index (χ4n) is 10.5. The molecule has 0 aromatic heterocycles. The van der Waals surface area contributed by atoms with E-state index in [1.165, 1.54) is 44.9 Å². The molecule has 0 amide bonds. The van der Waals surface area contributed by atoms with E-state index in [9.17, 15) is 4.79 Å². The second kappa shape index (κ2) is 7.33. The van der Waals surface area contributed by atoms with Crippen molar-refractivity contribution in [1.29, 1.82) is 0 Å². The third-order valence-corrected chi connectivity index (χ3v) is 12.4. The van der Waals surface area contributed by atoms with Crippen LogP contribution in [0.15, 0.2) is 0 Å². The molecule has 0 aliphatic heterocycles. The van der Waals surface area contributed by atoms with Gasteiger partial charge in [0.2, 0.25) is 0 Å². The molecular weight excluding hydrogens is 376 g/mol. The molecule has 4 aliphatic rings. The van der Waals surface area contributed by atoms with E-state index in [1.54, 1.807) is 0 Å². The number of carbonyl (C=O) groups excluding carboxylic acids is 1. The van der Waals surface area contributed by atoms with Crippen LogP contribution in [-0.2, 0) is 4.79 Å². The minimum Gasteiger partial charge on any atom is -0.303 e. The third-order valence-electron chi connectivity index (χ3n) is 12.4. The Labute approximate surface area is 193 Å². The SMILES string of the molecule is CC(CCC=O)C1CCC2C3C(CC(C)(C)C12C)C1(C)CCC(C)(C)CC1CC3(C)C. The maximum absolute atomic E-state index is 11.1. The molecule has 0 spiro atoms. The van der Waals surface area contributed by atoms with Crippen LogP contribution in [0.1, 0.15) is 120 Å². The first kappa shape index (κ1) is 23.8. The van der Waals surface area contributed by atoms with Crippen molar-refractivity contribution < 1.29 is 4.79 Å². The zero-order chi connectivity index (χ0) is 23.0. The fraction of sp³-hybridized carbons (Fsp3) is 0.967. The Bertz CT molecular complexity index is 701. The number of carbonyl (C=O) groups is 1.